The smallest absolute Gasteiger partial charge is 0.248 e. The van der Waals surface area contributed by atoms with Gasteiger partial charge >= 0.3 is 0 Å². The summed E-state index contributed by atoms with van der Waals surface area (Å²) in [6.45, 7) is 12.8. The molecule has 0 saturated carbocycles. The summed E-state index contributed by atoms with van der Waals surface area (Å²) in [7, 11) is 0. The molecule has 2 rings (SSSR count). The summed E-state index contributed by atoms with van der Waals surface area (Å²) < 4.78 is 7.24. The lowest BCUT2D eigenvalue weighted by atomic mass is 10.2. The van der Waals surface area contributed by atoms with Gasteiger partial charge < -0.3 is 9.84 Å². The minimum atomic E-state index is 0.275. The molecule has 2 aromatic rings. The van der Waals surface area contributed by atoms with Gasteiger partial charge in [-0.15, -0.1) is 0 Å². The van der Waals surface area contributed by atoms with Crippen LogP contribution in [0.4, 0.5) is 0 Å². The molecule has 1 N–H and O–H groups in total. The van der Waals surface area contributed by atoms with Crippen molar-refractivity contribution in [2.24, 2.45) is 0 Å². The van der Waals surface area contributed by atoms with Crippen LogP contribution in [0.2, 0.25) is 0 Å². The van der Waals surface area contributed by atoms with Gasteiger partial charge in [0.15, 0.2) is 5.82 Å². The lowest BCUT2D eigenvalue weighted by Gasteiger charge is -2.04. The van der Waals surface area contributed by atoms with Crippen molar-refractivity contribution < 1.29 is 4.52 Å². The van der Waals surface area contributed by atoms with Gasteiger partial charge in [0.25, 0.3) is 0 Å². The van der Waals surface area contributed by atoms with Crippen molar-refractivity contribution in [3.8, 4) is 0 Å². The van der Waals surface area contributed by atoms with E-state index in [1.807, 2.05) is 11.6 Å². The van der Waals surface area contributed by atoms with Gasteiger partial charge in [-0.3, -0.25) is 4.68 Å². The van der Waals surface area contributed by atoms with Gasteiger partial charge in [0.05, 0.1) is 5.69 Å². The van der Waals surface area contributed by atoms with Crippen LogP contribution in [0.25, 0.3) is 0 Å². The third kappa shape index (κ3) is 3.69. The fourth-order valence-corrected chi connectivity index (χ4v) is 2.23. The van der Waals surface area contributed by atoms with Gasteiger partial charge in [0.2, 0.25) is 5.89 Å². The first kappa shape index (κ1) is 15.7. The fraction of sp³-hybridized carbons (Fsp3) is 0.667. The summed E-state index contributed by atoms with van der Waals surface area (Å²) in [5.74, 6) is 1.63. The molecule has 0 aliphatic heterocycles. The Hall–Kier alpha value is -1.69. The van der Waals surface area contributed by atoms with Crippen molar-refractivity contribution in [1.82, 2.24) is 25.2 Å². The van der Waals surface area contributed by atoms with Gasteiger partial charge in [-0.1, -0.05) is 25.9 Å². The maximum absolute atomic E-state index is 5.29. The van der Waals surface area contributed by atoms with Crippen LogP contribution in [0.1, 0.15) is 61.8 Å². The highest BCUT2D eigenvalue weighted by Gasteiger charge is 2.15. The second-order valence-electron chi connectivity index (χ2n) is 5.68. The van der Waals surface area contributed by atoms with Gasteiger partial charge in [-0.05, 0) is 26.8 Å². The Morgan fingerprint density at radius 2 is 2.05 bits per heavy atom. The zero-order valence-electron chi connectivity index (χ0n) is 13.6. The van der Waals surface area contributed by atoms with Crippen LogP contribution < -0.4 is 5.32 Å². The van der Waals surface area contributed by atoms with E-state index in [0.717, 1.165) is 36.7 Å². The van der Waals surface area contributed by atoms with Crippen molar-refractivity contribution >= 4 is 0 Å². The summed E-state index contributed by atoms with van der Waals surface area (Å²) in [4.78, 5) is 4.41. The Morgan fingerprint density at radius 1 is 1.29 bits per heavy atom. The molecule has 6 nitrogen and oxygen atoms in total. The molecular formula is C15H25N5O. The fourth-order valence-electron chi connectivity index (χ4n) is 2.23. The van der Waals surface area contributed by atoms with E-state index in [9.17, 15) is 0 Å². The number of aryl methyl sites for hydroxylation is 1. The summed E-state index contributed by atoms with van der Waals surface area (Å²) >= 11 is 0. The summed E-state index contributed by atoms with van der Waals surface area (Å²) in [5.41, 5.74) is 3.46. The van der Waals surface area contributed by atoms with Crippen molar-refractivity contribution in [3.05, 3.63) is 28.7 Å². The molecule has 0 fully saturated rings. The topological polar surface area (TPSA) is 68.8 Å². The van der Waals surface area contributed by atoms with Crippen LogP contribution in [0.15, 0.2) is 4.52 Å². The lowest BCUT2D eigenvalue weighted by molar-refractivity contribution is 0.358. The SMILES string of the molecule is CCCNCc1c(C)nn(Cc2nc(C(C)C)no2)c1C. The first-order chi connectivity index (χ1) is 10.0. The number of hydrogen-bond donors (Lipinski definition) is 1. The monoisotopic (exact) mass is 291 g/mol. The highest BCUT2D eigenvalue weighted by atomic mass is 16.5. The number of rotatable bonds is 7. The Labute approximate surface area is 125 Å². The van der Waals surface area contributed by atoms with E-state index >= 15 is 0 Å². The van der Waals surface area contributed by atoms with Crippen LogP contribution >= 0.6 is 0 Å². The van der Waals surface area contributed by atoms with Gasteiger partial charge in [-0.2, -0.15) is 10.1 Å². The Kier molecular flexibility index (Phi) is 5.12. The molecule has 0 aromatic carbocycles. The predicted molar refractivity (Wildman–Crippen MR) is 81.2 cm³/mol. The van der Waals surface area contributed by atoms with E-state index < -0.39 is 0 Å². The molecule has 2 heterocycles. The molecule has 21 heavy (non-hydrogen) atoms. The standard InChI is InChI=1S/C15H25N5O/c1-6-7-16-8-13-11(4)18-20(12(13)5)9-14-17-15(10(2)3)19-21-14/h10,16H,6-9H2,1-5H3. The summed E-state index contributed by atoms with van der Waals surface area (Å²) in [6, 6.07) is 0. The zero-order chi connectivity index (χ0) is 15.4. The van der Waals surface area contributed by atoms with Crippen molar-refractivity contribution in [3.63, 3.8) is 0 Å². The molecular weight excluding hydrogens is 266 g/mol. The van der Waals surface area contributed by atoms with Crippen LogP contribution in [0.3, 0.4) is 0 Å². The number of hydrogen-bond acceptors (Lipinski definition) is 5. The average molecular weight is 291 g/mol. The van der Waals surface area contributed by atoms with Crippen molar-refractivity contribution in [2.75, 3.05) is 6.54 Å². The second-order valence-corrected chi connectivity index (χ2v) is 5.68. The number of nitrogens with one attached hydrogen (secondary N) is 1. The van der Waals surface area contributed by atoms with E-state index in [1.165, 1.54) is 5.56 Å². The largest absolute Gasteiger partial charge is 0.337 e. The molecule has 0 amide bonds. The Balaban J connectivity index is 2.11. The molecule has 0 atom stereocenters. The van der Waals surface area contributed by atoms with E-state index in [2.05, 4.69) is 48.3 Å². The van der Waals surface area contributed by atoms with Crippen molar-refractivity contribution in [1.29, 1.82) is 0 Å². The minimum Gasteiger partial charge on any atom is -0.337 e. The minimum absolute atomic E-state index is 0.275. The molecule has 0 aliphatic rings. The van der Waals surface area contributed by atoms with E-state index in [4.69, 9.17) is 4.52 Å². The first-order valence-electron chi connectivity index (χ1n) is 7.59. The third-order valence-corrected chi connectivity index (χ3v) is 3.55. The highest BCUT2D eigenvalue weighted by Crippen LogP contribution is 2.15. The average Bonchev–Trinajstić information content (AvgIpc) is 2.99. The Morgan fingerprint density at radius 3 is 2.67 bits per heavy atom. The zero-order valence-corrected chi connectivity index (χ0v) is 13.6. The number of nitrogens with zero attached hydrogens (tertiary/aromatic N) is 4. The van der Waals surface area contributed by atoms with E-state index in [1.54, 1.807) is 0 Å². The predicted octanol–water partition coefficient (Wildman–Crippen LogP) is 2.55. The molecule has 0 spiro atoms. The van der Waals surface area contributed by atoms with Crippen LogP contribution in [0, 0.1) is 13.8 Å². The lowest BCUT2D eigenvalue weighted by Crippen LogP contribution is -2.15. The molecule has 0 saturated heterocycles. The molecule has 0 aliphatic carbocycles. The normalized spacial score (nSPS) is 11.5. The van der Waals surface area contributed by atoms with E-state index in [-0.39, 0.29) is 5.92 Å². The molecule has 116 valence electrons. The van der Waals surface area contributed by atoms with Crippen molar-refractivity contribution in [2.45, 2.75) is 60.0 Å². The first-order valence-corrected chi connectivity index (χ1v) is 7.59. The molecule has 0 bridgehead atoms. The van der Waals surface area contributed by atoms with Crippen LogP contribution in [-0.2, 0) is 13.1 Å². The molecule has 0 unspecified atom stereocenters. The summed E-state index contributed by atoms with van der Waals surface area (Å²) in [6.07, 6.45) is 1.13. The quantitative estimate of drug-likeness (QED) is 0.794. The van der Waals surface area contributed by atoms with Crippen LogP contribution in [-0.4, -0.2) is 26.5 Å². The maximum atomic E-state index is 5.29. The molecule has 2 aromatic heterocycles. The molecule has 6 heteroatoms. The third-order valence-electron chi connectivity index (χ3n) is 3.55. The highest BCUT2D eigenvalue weighted by molar-refractivity contribution is 5.24. The second kappa shape index (κ2) is 6.85. The Bertz CT molecular complexity index is 585. The van der Waals surface area contributed by atoms with Gasteiger partial charge in [-0.25, -0.2) is 0 Å². The maximum Gasteiger partial charge on any atom is 0.248 e. The number of aromatic nitrogens is 4. The van der Waals surface area contributed by atoms with Gasteiger partial charge in [0.1, 0.15) is 6.54 Å². The summed E-state index contributed by atoms with van der Waals surface area (Å²) in [5, 5.41) is 12.0. The molecule has 0 radical (unpaired) electrons. The van der Waals surface area contributed by atoms with E-state index in [0.29, 0.717) is 12.4 Å². The van der Waals surface area contributed by atoms with Crippen LogP contribution in [0.5, 0.6) is 0 Å². The van der Waals surface area contributed by atoms with Gasteiger partial charge in [0, 0.05) is 23.7 Å².